The summed E-state index contributed by atoms with van der Waals surface area (Å²) in [6.07, 6.45) is 6.98. The van der Waals surface area contributed by atoms with Crippen LogP contribution in [0.3, 0.4) is 0 Å². The number of aromatic nitrogens is 2. The van der Waals surface area contributed by atoms with Crippen LogP contribution < -0.4 is 5.73 Å². The summed E-state index contributed by atoms with van der Waals surface area (Å²) < 4.78 is 0. The van der Waals surface area contributed by atoms with Crippen molar-refractivity contribution in [3.8, 4) is 0 Å². The number of nitrogens with one attached hydrogen (secondary N) is 1. The van der Waals surface area contributed by atoms with Gasteiger partial charge in [0.15, 0.2) is 0 Å². The van der Waals surface area contributed by atoms with Crippen LogP contribution in [-0.4, -0.2) is 15.8 Å². The van der Waals surface area contributed by atoms with E-state index in [1.807, 2.05) is 12.4 Å². The Morgan fingerprint density at radius 1 is 1.58 bits per heavy atom. The summed E-state index contributed by atoms with van der Waals surface area (Å²) in [5.41, 5.74) is 7.86. The lowest BCUT2D eigenvalue weighted by molar-refractivity contribution is 1.05. The molecule has 1 aliphatic heterocycles. The van der Waals surface area contributed by atoms with E-state index in [4.69, 9.17) is 5.73 Å². The van der Waals surface area contributed by atoms with Crippen LogP contribution in [0.1, 0.15) is 12.1 Å². The molecule has 0 radical (unpaired) electrons. The molecule has 0 amide bonds. The third-order valence-corrected chi connectivity index (χ3v) is 1.79. The average molecular weight is 162 g/mol. The number of aromatic amines is 1. The highest BCUT2D eigenvalue weighted by molar-refractivity contribution is 5.85. The van der Waals surface area contributed by atoms with Crippen molar-refractivity contribution in [1.29, 1.82) is 0 Å². The lowest BCUT2D eigenvalue weighted by atomic mass is 10.1. The zero-order valence-electron chi connectivity index (χ0n) is 6.62. The Bertz CT molecular complexity index is 321. The van der Waals surface area contributed by atoms with Crippen molar-refractivity contribution in [2.75, 3.05) is 0 Å². The number of H-pyrrole nitrogens is 1. The smallest absolute Gasteiger partial charge is 0.103 e. The molecule has 3 N–H and O–H groups in total. The van der Waals surface area contributed by atoms with Crippen molar-refractivity contribution in [3.05, 3.63) is 30.0 Å². The predicted molar refractivity (Wildman–Crippen MR) is 46.6 cm³/mol. The van der Waals surface area contributed by atoms with E-state index in [2.05, 4.69) is 15.0 Å². The average Bonchev–Trinajstić information content (AvgIpc) is 2.63. The maximum Gasteiger partial charge on any atom is 0.103 e. The van der Waals surface area contributed by atoms with Crippen LogP contribution >= 0.6 is 0 Å². The van der Waals surface area contributed by atoms with Crippen molar-refractivity contribution in [2.45, 2.75) is 12.8 Å². The molecule has 0 saturated heterocycles. The van der Waals surface area contributed by atoms with Gasteiger partial charge in [0.2, 0.25) is 0 Å². The second-order valence-electron chi connectivity index (χ2n) is 2.84. The topological polar surface area (TPSA) is 67.1 Å². The monoisotopic (exact) mass is 162 g/mol. The third kappa shape index (κ3) is 1.37. The minimum absolute atomic E-state index is 0.699. The number of nitrogens with zero attached hydrogens (tertiary/aromatic N) is 2. The van der Waals surface area contributed by atoms with Crippen molar-refractivity contribution in [1.82, 2.24) is 9.97 Å². The standard InChI is InChI=1S/C8H10N4/c9-8-2-6(3-11-8)1-7-4-10-5-12-7/h3-5H,1-2H2,(H2,9,11)(H,10,12). The molecular weight excluding hydrogens is 152 g/mol. The van der Waals surface area contributed by atoms with Gasteiger partial charge in [0.1, 0.15) is 5.84 Å². The Morgan fingerprint density at radius 3 is 3.08 bits per heavy atom. The molecule has 0 unspecified atom stereocenters. The van der Waals surface area contributed by atoms with E-state index in [0.29, 0.717) is 5.84 Å². The van der Waals surface area contributed by atoms with E-state index in [-0.39, 0.29) is 0 Å². The molecule has 1 aromatic rings. The maximum absolute atomic E-state index is 5.53. The quantitative estimate of drug-likeness (QED) is 0.668. The van der Waals surface area contributed by atoms with Crippen LogP contribution in [0, 0.1) is 0 Å². The van der Waals surface area contributed by atoms with E-state index in [1.54, 1.807) is 6.33 Å². The first kappa shape index (κ1) is 7.09. The van der Waals surface area contributed by atoms with Crippen LogP contribution in [0.15, 0.2) is 29.3 Å². The lowest BCUT2D eigenvalue weighted by Crippen LogP contribution is -2.08. The molecule has 0 spiro atoms. The van der Waals surface area contributed by atoms with Gasteiger partial charge in [-0.25, -0.2) is 9.98 Å². The van der Waals surface area contributed by atoms with E-state index in [1.165, 1.54) is 5.57 Å². The third-order valence-electron chi connectivity index (χ3n) is 1.79. The summed E-state index contributed by atoms with van der Waals surface area (Å²) in [6.45, 7) is 0. The molecule has 0 aliphatic carbocycles. The molecule has 0 saturated carbocycles. The van der Waals surface area contributed by atoms with Gasteiger partial charge >= 0.3 is 0 Å². The molecule has 0 fully saturated rings. The second-order valence-corrected chi connectivity index (χ2v) is 2.84. The van der Waals surface area contributed by atoms with Gasteiger partial charge in [0.25, 0.3) is 0 Å². The first-order chi connectivity index (χ1) is 5.84. The molecule has 2 rings (SSSR count). The minimum atomic E-state index is 0.699. The zero-order chi connectivity index (χ0) is 8.39. The molecule has 62 valence electrons. The molecule has 0 atom stereocenters. The predicted octanol–water partition coefficient (Wildman–Crippen LogP) is 0.597. The van der Waals surface area contributed by atoms with Gasteiger partial charge in [-0.2, -0.15) is 0 Å². The van der Waals surface area contributed by atoms with E-state index in [9.17, 15) is 0 Å². The number of hydrogen-bond acceptors (Lipinski definition) is 3. The summed E-state index contributed by atoms with van der Waals surface area (Å²) in [6, 6.07) is 0. The number of amidine groups is 1. The Labute approximate surface area is 70.2 Å². The fraction of sp³-hybridized carbons (Fsp3) is 0.250. The van der Waals surface area contributed by atoms with Crippen molar-refractivity contribution in [3.63, 3.8) is 0 Å². The fourth-order valence-corrected chi connectivity index (χ4v) is 1.23. The first-order valence-corrected chi connectivity index (χ1v) is 3.82. The van der Waals surface area contributed by atoms with E-state index in [0.717, 1.165) is 18.5 Å². The lowest BCUT2D eigenvalue weighted by Gasteiger charge is -1.97. The molecule has 2 heterocycles. The van der Waals surface area contributed by atoms with E-state index >= 15 is 0 Å². The second kappa shape index (κ2) is 2.81. The summed E-state index contributed by atoms with van der Waals surface area (Å²) in [7, 11) is 0. The highest BCUT2D eigenvalue weighted by Gasteiger charge is 2.07. The Balaban J connectivity index is 1.99. The number of aliphatic imine (C=N–C) groups is 1. The van der Waals surface area contributed by atoms with Crippen LogP contribution in [0.4, 0.5) is 0 Å². The van der Waals surface area contributed by atoms with Crippen molar-refractivity contribution < 1.29 is 0 Å². The summed E-state index contributed by atoms with van der Waals surface area (Å²) in [5, 5.41) is 0. The molecule has 0 aromatic carbocycles. The molecule has 4 nitrogen and oxygen atoms in total. The van der Waals surface area contributed by atoms with Gasteiger partial charge in [-0.3, -0.25) is 0 Å². The van der Waals surface area contributed by atoms with Gasteiger partial charge in [-0.05, 0) is 5.57 Å². The van der Waals surface area contributed by atoms with Crippen molar-refractivity contribution in [2.24, 2.45) is 10.7 Å². The molecule has 0 bridgehead atoms. The maximum atomic E-state index is 5.53. The largest absolute Gasteiger partial charge is 0.387 e. The number of hydrogen-bond donors (Lipinski definition) is 2. The Hall–Kier alpha value is -1.58. The van der Waals surface area contributed by atoms with E-state index < -0.39 is 0 Å². The highest BCUT2D eigenvalue weighted by Crippen LogP contribution is 2.13. The Morgan fingerprint density at radius 2 is 2.50 bits per heavy atom. The normalized spacial score (nSPS) is 16.0. The van der Waals surface area contributed by atoms with Crippen LogP contribution in [-0.2, 0) is 6.42 Å². The van der Waals surface area contributed by atoms with Gasteiger partial charge in [0.05, 0.1) is 6.33 Å². The van der Waals surface area contributed by atoms with Gasteiger partial charge in [-0.15, -0.1) is 0 Å². The molecule has 1 aliphatic rings. The van der Waals surface area contributed by atoms with Crippen LogP contribution in [0.2, 0.25) is 0 Å². The van der Waals surface area contributed by atoms with Crippen molar-refractivity contribution >= 4 is 5.84 Å². The van der Waals surface area contributed by atoms with Gasteiger partial charge < -0.3 is 10.7 Å². The SMILES string of the molecule is NC1=NC=C(Cc2cnc[nH]2)C1. The van der Waals surface area contributed by atoms with Crippen LogP contribution in [0.25, 0.3) is 0 Å². The minimum Gasteiger partial charge on any atom is -0.387 e. The summed E-state index contributed by atoms with van der Waals surface area (Å²) in [4.78, 5) is 11.0. The fourth-order valence-electron chi connectivity index (χ4n) is 1.23. The zero-order valence-corrected chi connectivity index (χ0v) is 6.62. The first-order valence-electron chi connectivity index (χ1n) is 3.82. The molecule has 12 heavy (non-hydrogen) atoms. The summed E-state index contributed by atoms with van der Waals surface area (Å²) in [5.74, 6) is 0.699. The molecule has 1 aromatic heterocycles. The van der Waals surface area contributed by atoms with Crippen LogP contribution in [0.5, 0.6) is 0 Å². The molecule has 4 heteroatoms. The van der Waals surface area contributed by atoms with Gasteiger partial charge in [-0.1, -0.05) is 0 Å². The van der Waals surface area contributed by atoms with Gasteiger partial charge in [0, 0.05) is 30.9 Å². The molecular formula is C8H10N4. The summed E-state index contributed by atoms with van der Waals surface area (Å²) >= 11 is 0. The number of rotatable bonds is 2. The number of nitrogens with two attached hydrogens (primary N) is 1. The number of imidazole rings is 1. The Kier molecular flexibility index (Phi) is 1.66. The highest BCUT2D eigenvalue weighted by atomic mass is 14.9.